The maximum absolute atomic E-state index is 12.2. The number of benzene rings is 2. The molecule has 1 aromatic heterocycles. The Morgan fingerprint density at radius 1 is 1.09 bits per heavy atom. The van der Waals surface area contributed by atoms with Gasteiger partial charge in [0.2, 0.25) is 0 Å². The molecule has 4 rings (SSSR count). The quantitative estimate of drug-likeness (QED) is 0.407. The van der Waals surface area contributed by atoms with Crippen LogP contribution in [-0.4, -0.2) is 48.7 Å². The Bertz CT molecular complexity index is 1220. The predicted molar refractivity (Wildman–Crippen MR) is 141 cm³/mol. The van der Waals surface area contributed by atoms with Gasteiger partial charge in [0.1, 0.15) is 17.8 Å². The topological polar surface area (TPSA) is 109 Å². The van der Waals surface area contributed by atoms with E-state index in [1.54, 1.807) is 18.2 Å². The summed E-state index contributed by atoms with van der Waals surface area (Å²) >= 11 is 11.9. The molecule has 1 aliphatic rings. The van der Waals surface area contributed by atoms with Crippen molar-refractivity contribution in [3.05, 3.63) is 63.9 Å². The SMILES string of the molecule is Cc1cccc(N2CCN(c3ncnc(NNC(=O)COc4ccc(Cl)cc4Cl)c3N)CC2)c1C. The van der Waals surface area contributed by atoms with Crippen molar-refractivity contribution in [2.45, 2.75) is 13.8 Å². The van der Waals surface area contributed by atoms with Crippen LogP contribution in [0, 0.1) is 13.8 Å². The molecule has 2 heterocycles. The summed E-state index contributed by atoms with van der Waals surface area (Å²) in [6.45, 7) is 7.23. The summed E-state index contributed by atoms with van der Waals surface area (Å²) in [7, 11) is 0. The zero-order valence-corrected chi connectivity index (χ0v) is 21.0. The van der Waals surface area contributed by atoms with Crippen LogP contribution >= 0.6 is 23.2 Å². The first-order valence-electron chi connectivity index (χ1n) is 11.1. The molecular weight excluding hydrogens is 489 g/mol. The summed E-state index contributed by atoms with van der Waals surface area (Å²) in [5, 5.41) is 0.802. The van der Waals surface area contributed by atoms with Gasteiger partial charge in [-0.2, -0.15) is 0 Å². The third-order valence-electron chi connectivity index (χ3n) is 5.93. The highest BCUT2D eigenvalue weighted by Crippen LogP contribution is 2.29. The first kappa shape index (κ1) is 24.7. The van der Waals surface area contributed by atoms with E-state index >= 15 is 0 Å². The molecule has 0 aliphatic carbocycles. The van der Waals surface area contributed by atoms with Crippen LogP contribution in [0.1, 0.15) is 11.1 Å². The van der Waals surface area contributed by atoms with Gasteiger partial charge in [-0.25, -0.2) is 9.97 Å². The number of hydrazine groups is 1. The van der Waals surface area contributed by atoms with Crippen molar-refractivity contribution in [2.75, 3.05) is 53.7 Å². The lowest BCUT2D eigenvalue weighted by atomic mass is 10.1. The Labute approximate surface area is 214 Å². The predicted octanol–water partition coefficient (Wildman–Crippen LogP) is 3.83. The largest absolute Gasteiger partial charge is 0.482 e. The third kappa shape index (κ3) is 5.80. The summed E-state index contributed by atoms with van der Waals surface area (Å²) in [4.78, 5) is 25.3. The molecule has 0 bridgehead atoms. The summed E-state index contributed by atoms with van der Waals surface area (Å²) in [5.74, 6) is 0.860. The lowest BCUT2D eigenvalue weighted by Crippen LogP contribution is -2.47. The van der Waals surface area contributed by atoms with Crippen LogP contribution < -0.4 is 31.1 Å². The molecule has 0 saturated carbocycles. The number of nitrogens with zero attached hydrogens (tertiary/aromatic N) is 4. The molecule has 1 saturated heterocycles. The van der Waals surface area contributed by atoms with Crippen LogP contribution in [0.15, 0.2) is 42.7 Å². The number of piperazine rings is 1. The Balaban J connectivity index is 1.33. The number of carbonyl (C=O) groups is 1. The molecule has 184 valence electrons. The van der Waals surface area contributed by atoms with E-state index in [2.05, 4.69) is 62.7 Å². The number of aromatic nitrogens is 2. The fourth-order valence-corrected chi connectivity index (χ4v) is 4.34. The monoisotopic (exact) mass is 515 g/mol. The Hall–Kier alpha value is -3.43. The first-order chi connectivity index (χ1) is 16.8. The normalized spacial score (nSPS) is 13.5. The van der Waals surface area contributed by atoms with E-state index in [4.69, 9.17) is 33.7 Å². The molecule has 3 aromatic rings. The van der Waals surface area contributed by atoms with Gasteiger partial charge in [-0.05, 0) is 49.2 Å². The maximum atomic E-state index is 12.2. The van der Waals surface area contributed by atoms with Gasteiger partial charge in [0.25, 0.3) is 5.91 Å². The van der Waals surface area contributed by atoms with Crippen LogP contribution in [0.25, 0.3) is 0 Å². The number of nitrogen functional groups attached to an aromatic ring is 1. The fourth-order valence-electron chi connectivity index (χ4n) is 3.88. The van der Waals surface area contributed by atoms with Crippen LogP contribution in [0.2, 0.25) is 10.0 Å². The van der Waals surface area contributed by atoms with Gasteiger partial charge in [-0.3, -0.25) is 15.6 Å². The Morgan fingerprint density at radius 3 is 2.57 bits per heavy atom. The van der Waals surface area contributed by atoms with E-state index < -0.39 is 5.91 Å². The number of nitrogens with one attached hydrogen (secondary N) is 2. The molecule has 9 nitrogen and oxygen atoms in total. The smallest absolute Gasteiger partial charge is 0.276 e. The standard InChI is InChI=1S/C24H27Cl2N7O2/c1-15-4-3-5-19(16(15)2)32-8-10-33(11-9-32)24-22(27)23(28-14-29-24)31-30-21(34)13-35-20-7-6-17(25)12-18(20)26/h3-7,12,14H,8-11,13,27H2,1-2H3,(H,30,34)(H,28,29,31). The van der Waals surface area contributed by atoms with Crippen molar-refractivity contribution >= 4 is 52.1 Å². The van der Waals surface area contributed by atoms with Gasteiger partial charge < -0.3 is 20.3 Å². The highest BCUT2D eigenvalue weighted by molar-refractivity contribution is 6.35. The minimum atomic E-state index is -0.433. The summed E-state index contributed by atoms with van der Waals surface area (Å²) in [6.07, 6.45) is 1.42. The molecule has 1 aliphatic heterocycles. The molecule has 0 radical (unpaired) electrons. The van der Waals surface area contributed by atoms with Crippen molar-refractivity contribution < 1.29 is 9.53 Å². The van der Waals surface area contributed by atoms with Crippen LogP contribution in [0.4, 0.5) is 23.0 Å². The second-order valence-corrected chi connectivity index (χ2v) is 9.03. The van der Waals surface area contributed by atoms with E-state index in [-0.39, 0.29) is 6.61 Å². The highest BCUT2D eigenvalue weighted by Gasteiger charge is 2.22. The minimum absolute atomic E-state index is 0.257. The molecule has 0 unspecified atom stereocenters. The molecular formula is C24H27Cl2N7O2. The first-order valence-corrected chi connectivity index (χ1v) is 11.9. The van der Waals surface area contributed by atoms with Crippen molar-refractivity contribution in [1.29, 1.82) is 0 Å². The van der Waals surface area contributed by atoms with Crippen LogP contribution in [0.3, 0.4) is 0 Å². The van der Waals surface area contributed by atoms with Crippen molar-refractivity contribution in [3.63, 3.8) is 0 Å². The molecule has 1 amide bonds. The number of nitrogens with two attached hydrogens (primary N) is 1. The van der Waals surface area contributed by atoms with E-state index in [1.165, 1.54) is 23.1 Å². The Morgan fingerprint density at radius 2 is 1.83 bits per heavy atom. The van der Waals surface area contributed by atoms with E-state index in [1.807, 2.05) is 0 Å². The second-order valence-electron chi connectivity index (χ2n) is 8.19. The lowest BCUT2D eigenvalue weighted by Gasteiger charge is -2.38. The van der Waals surface area contributed by atoms with E-state index in [0.717, 1.165) is 26.2 Å². The lowest BCUT2D eigenvalue weighted by molar-refractivity contribution is -0.122. The maximum Gasteiger partial charge on any atom is 0.276 e. The second kappa shape index (κ2) is 10.9. The molecule has 0 atom stereocenters. The van der Waals surface area contributed by atoms with Crippen LogP contribution in [-0.2, 0) is 4.79 Å². The van der Waals surface area contributed by atoms with Crippen molar-refractivity contribution in [1.82, 2.24) is 15.4 Å². The molecule has 2 aromatic carbocycles. The minimum Gasteiger partial charge on any atom is -0.482 e. The van der Waals surface area contributed by atoms with Crippen molar-refractivity contribution in [2.24, 2.45) is 0 Å². The van der Waals surface area contributed by atoms with Gasteiger partial charge in [-0.1, -0.05) is 35.3 Å². The molecule has 11 heteroatoms. The van der Waals surface area contributed by atoms with Crippen LogP contribution in [0.5, 0.6) is 5.75 Å². The molecule has 1 fully saturated rings. The highest BCUT2D eigenvalue weighted by atomic mass is 35.5. The zero-order chi connectivity index (χ0) is 24.9. The van der Waals surface area contributed by atoms with E-state index in [9.17, 15) is 4.79 Å². The fraction of sp³-hybridized carbons (Fsp3) is 0.292. The molecule has 4 N–H and O–H groups in total. The van der Waals surface area contributed by atoms with Gasteiger partial charge in [-0.15, -0.1) is 0 Å². The average Bonchev–Trinajstić information content (AvgIpc) is 2.85. The average molecular weight is 516 g/mol. The summed E-state index contributed by atoms with van der Waals surface area (Å²) in [5.41, 5.74) is 15.8. The van der Waals surface area contributed by atoms with Gasteiger partial charge >= 0.3 is 0 Å². The summed E-state index contributed by atoms with van der Waals surface area (Å²) < 4.78 is 5.43. The number of carbonyl (C=O) groups excluding carboxylic acids is 1. The Kier molecular flexibility index (Phi) is 7.67. The van der Waals surface area contributed by atoms with Gasteiger partial charge in [0.05, 0.1) is 5.02 Å². The van der Waals surface area contributed by atoms with Crippen molar-refractivity contribution in [3.8, 4) is 5.75 Å². The number of rotatable bonds is 7. The summed E-state index contributed by atoms with van der Waals surface area (Å²) in [6, 6.07) is 11.1. The number of anilines is 4. The van der Waals surface area contributed by atoms with Gasteiger partial charge in [0.15, 0.2) is 18.2 Å². The van der Waals surface area contributed by atoms with E-state index in [0.29, 0.717) is 33.1 Å². The molecule has 35 heavy (non-hydrogen) atoms. The number of hydrogen-bond acceptors (Lipinski definition) is 8. The number of halogens is 2. The number of ether oxygens (including phenoxy) is 1. The molecule has 0 spiro atoms. The number of amides is 1. The zero-order valence-electron chi connectivity index (χ0n) is 19.5. The number of hydrogen-bond donors (Lipinski definition) is 3. The number of aryl methyl sites for hydroxylation is 1. The third-order valence-corrected chi connectivity index (χ3v) is 6.46. The van der Waals surface area contributed by atoms with Gasteiger partial charge in [0, 0.05) is 36.9 Å².